The molecule has 3 nitrogen and oxygen atoms in total. The quantitative estimate of drug-likeness (QED) is 0.162. The predicted molar refractivity (Wildman–Crippen MR) is 277 cm³/mol. The molecule has 0 aliphatic carbocycles. The third-order valence-corrected chi connectivity index (χ3v) is 16.6. The van der Waals surface area contributed by atoms with Gasteiger partial charge in [0, 0.05) is 90.1 Å². The Hall–Kier alpha value is -7.12. The van der Waals surface area contributed by atoms with E-state index in [1.54, 1.807) is 0 Å². The normalized spacial score (nSPS) is 13.5. The number of hydrogen-bond donors (Lipinski definition) is 0. The van der Waals surface area contributed by atoms with Crippen molar-refractivity contribution in [1.82, 2.24) is 4.57 Å². The number of rotatable bonds is 2. The molecule has 0 unspecified atom stereocenters. The summed E-state index contributed by atoms with van der Waals surface area (Å²) in [6.07, 6.45) is 0. The van der Waals surface area contributed by atoms with Crippen LogP contribution in [0, 0.1) is 0 Å². The second-order valence-corrected chi connectivity index (χ2v) is 21.0. The van der Waals surface area contributed by atoms with E-state index in [1.807, 2.05) is 22.7 Å². The van der Waals surface area contributed by atoms with E-state index < -0.39 is 0 Å². The molecule has 2 aliphatic rings. The van der Waals surface area contributed by atoms with Crippen LogP contribution in [0.2, 0.25) is 0 Å². The van der Waals surface area contributed by atoms with E-state index in [4.69, 9.17) is 4.42 Å². The van der Waals surface area contributed by atoms with Gasteiger partial charge in [-0.2, -0.15) is 0 Å². The maximum atomic E-state index is 7.31. The smallest absolute Gasteiger partial charge is 0.333 e. The molecule has 0 atom stereocenters. The Morgan fingerprint density at radius 2 is 1.17 bits per heavy atom. The molecule has 300 valence electrons. The molecule has 9 aromatic carbocycles. The van der Waals surface area contributed by atoms with Crippen LogP contribution in [0.25, 0.3) is 112 Å². The topological polar surface area (TPSA) is 21.3 Å². The van der Waals surface area contributed by atoms with Crippen molar-refractivity contribution >= 4 is 136 Å². The fourth-order valence-electron chi connectivity index (χ4n) is 11.4. The molecule has 64 heavy (non-hydrogen) atoms. The van der Waals surface area contributed by atoms with Crippen LogP contribution in [0.5, 0.6) is 0 Å². The van der Waals surface area contributed by atoms with Gasteiger partial charge in [-0.25, -0.2) is 0 Å². The first kappa shape index (κ1) is 35.4. The van der Waals surface area contributed by atoms with E-state index in [1.165, 1.54) is 118 Å². The average Bonchev–Trinajstić information content (AvgIpc) is 4.08. The largest absolute Gasteiger partial charge is 0.455 e. The molecule has 0 N–H and O–H groups in total. The van der Waals surface area contributed by atoms with Crippen LogP contribution in [0.3, 0.4) is 0 Å². The highest BCUT2D eigenvalue weighted by Gasteiger charge is 2.46. The highest BCUT2D eigenvalue weighted by Crippen LogP contribution is 2.53. The van der Waals surface area contributed by atoms with Crippen molar-refractivity contribution < 1.29 is 4.42 Å². The maximum Gasteiger partial charge on any atom is 0.333 e. The minimum atomic E-state index is -0.152. The van der Waals surface area contributed by atoms with Crippen molar-refractivity contribution in [1.29, 1.82) is 0 Å². The molecular formula is C58H37BN2OS2. The fourth-order valence-corrected chi connectivity index (χ4v) is 13.7. The number of furan rings is 1. The standard InChI is InChI=1S/C58H37BN2OS2/c1-58(2,3)34-23-26-44-41(27-34)52-53-38-17-7-10-18-47(38)62-57(53)54-42-28-39-36-15-8-11-19-48(36)64-51(39)31-45(42)61(35-24-21-33(22-25-35)32-13-5-4-6-14-32)59-43-30-50-40(37-16-9-12-20-49(37)63-50)29-46(43)60(44)56(52)55(54)59/h4-31H,1-3H3. The molecule has 0 fully saturated rings. The number of benzene rings is 9. The minimum absolute atomic E-state index is 0.0346. The van der Waals surface area contributed by atoms with E-state index in [2.05, 4.69) is 200 Å². The molecule has 6 heterocycles. The van der Waals surface area contributed by atoms with Crippen LogP contribution in [-0.4, -0.2) is 11.4 Å². The summed E-state index contributed by atoms with van der Waals surface area (Å²) in [4.78, 5) is 2.67. The molecule has 2 aliphatic heterocycles. The number of thiophene rings is 2. The van der Waals surface area contributed by atoms with Gasteiger partial charge in [0.2, 0.25) is 0 Å². The van der Waals surface area contributed by atoms with E-state index >= 15 is 0 Å². The van der Waals surface area contributed by atoms with E-state index in [0.29, 0.717) is 0 Å². The molecule has 15 rings (SSSR count). The second-order valence-electron chi connectivity index (χ2n) is 18.8. The Balaban J connectivity index is 1.17. The number of aromatic nitrogens is 1. The van der Waals surface area contributed by atoms with Gasteiger partial charge in [0.15, 0.2) is 0 Å². The third kappa shape index (κ3) is 4.56. The molecule has 13 aromatic rings. The van der Waals surface area contributed by atoms with E-state index in [-0.39, 0.29) is 12.3 Å². The Bertz CT molecular complexity index is 4180. The van der Waals surface area contributed by atoms with Gasteiger partial charge in [0.05, 0.1) is 11.0 Å². The lowest BCUT2D eigenvalue weighted by molar-refractivity contribution is 0.591. The lowest BCUT2D eigenvalue weighted by Gasteiger charge is -2.42. The average molecular weight is 853 g/mol. The maximum absolute atomic E-state index is 7.31. The van der Waals surface area contributed by atoms with Gasteiger partial charge in [0.1, 0.15) is 11.2 Å². The predicted octanol–water partition coefficient (Wildman–Crippen LogP) is 15.6. The van der Waals surface area contributed by atoms with Crippen molar-refractivity contribution in [3.8, 4) is 27.9 Å². The minimum Gasteiger partial charge on any atom is -0.455 e. The SMILES string of the molecule is CC(C)(C)c1ccc2c(c1)c1c3c(oc4ccccc43)c3c4c1n2-c1cc2c(cc1B4N(c1ccc(-c4ccccc4)cc1)c1cc4sc5ccccc5c4cc1-3)sc1ccccc12. The van der Waals surface area contributed by atoms with Crippen molar-refractivity contribution in [3.63, 3.8) is 0 Å². The van der Waals surface area contributed by atoms with Gasteiger partial charge in [-0.3, -0.25) is 0 Å². The Kier molecular flexibility index (Phi) is 6.81. The first-order valence-corrected chi connectivity index (χ1v) is 23.8. The first-order valence-electron chi connectivity index (χ1n) is 22.2. The van der Waals surface area contributed by atoms with Crippen molar-refractivity contribution in [2.45, 2.75) is 26.2 Å². The van der Waals surface area contributed by atoms with Crippen LogP contribution in [0.1, 0.15) is 26.3 Å². The molecule has 0 amide bonds. The molecule has 0 bridgehead atoms. The second kappa shape index (κ2) is 12.3. The van der Waals surface area contributed by atoms with Crippen molar-refractivity contribution in [3.05, 3.63) is 175 Å². The number of anilines is 2. The number of nitrogens with zero attached hydrogens (tertiary/aromatic N) is 2. The lowest BCUT2D eigenvalue weighted by atomic mass is 9.43. The highest BCUT2D eigenvalue weighted by atomic mass is 32.1. The van der Waals surface area contributed by atoms with Gasteiger partial charge in [-0.05, 0) is 99.8 Å². The van der Waals surface area contributed by atoms with E-state index in [0.717, 1.165) is 22.2 Å². The lowest BCUT2D eigenvalue weighted by Crippen LogP contribution is -2.60. The van der Waals surface area contributed by atoms with Crippen LogP contribution in [0.15, 0.2) is 174 Å². The Morgan fingerprint density at radius 1 is 0.516 bits per heavy atom. The van der Waals surface area contributed by atoms with Gasteiger partial charge in [-0.1, -0.05) is 124 Å². The summed E-state index contributed by atoms with van der Waals surface area (Å²) in [5.41, 5.74) is 16.7. The zero-order valence-corrected chi connectivity index (χ0v) is 37.0. The number of para-hydroxylation sites is 1. The number of fused-ring (bicyclic) bond motifs is 19. The fraction of sp³-hybridized carbons (Fsp3) is 0.0690. The molecule has 0 saturated heterocycles. The summed E-state index contributed by atoms with van der Waals surface area (Å²) in [7, 11) is 0. The highest BCUT2D eigenvalue weighted by molar-refractivity contribution is 7.26. The van der Waals surface area contributed by atoms with Gasteiger partial charge >= 0.3 is 6.85 Å². The van der Waals surface area contributed by atoms with Crippen LogP contribution >= 0.6 is 22.7 Å². The summed E-state index contributed by atoms with van der Waals surface area (Å²) in [6, 6.07) is 63.8. The summed E-state index contributed by atoms with van der Waals surface area (Å²) in [5, 5.41) is 10.1. The molecule has 4 aromatic heterocycles. The van der Waals surface area contributed by atoms with Crippen molar-refractivity contribution in [2.75, 3.05) is 4.81 Å². The molecule has 0 radical (unpaired) electrons. The summed E-state index contributed by atoms with van der Waals surface area (Å²) >= 11 is 3.79. The van der Waals surface area contributed by atoms with Crippen LogP contribution in [0.4, 0.5) is 11.4 Å². The van der Waals surface area contributed by atoms with E-state index in [9.17, 15) is 0 Å². The molecule has 6 heteroatoms. The van der Waals surface area contributed by atoms with Crippen LogP contribution in [-0.2, 0) is 5.41 Å². The summed E-state index contributed by atoms with van der Waals surface area (Å²) in [5.74, 6) is 0. The molecule has 0 spiro atoms. The Labute approximate surface area is 377 Å². The molecular weight excluding hydrogens is 816 g/mol. The van der Waals surface area contributed by atoms with Gasteiger partial charge < -0.3 is 13.8 Å². The third-order valence-electron chi connectivity index (χ3n) is 14.3. The van der Waals surface area contributed by atoms with Crippen LogP contribution < -0.4 is 15.7 Å². The Morgan fingerprint density at radius 3 is 1.92 bits per heavy atom. The zero-order chi connectivity index (χ0) is 42.2. The molecule has 0 saturated carbocycles. The zero-order valence-electron chi connectivity index (χ0n) is 35.4. The first-order chi connectivity index (χ1) is 31.4. The monoisotopic (exact) mass is 852 g/mol. The van der Waals surface area contributed by atoms with Gasteiger partial charge in [0.25, 0.3) is 0 Å². The summed E-state index contributed by atoms with van der Waals surface area (Å²) < 4.78 is 15.2. The van der Waals surface area contributed by atoms with Gasteiger partial charge in [-0.15, -0.1) is 22.7 Å². The summed E-state index contributed by atoms with van der Waals surface area (Å²) in [6.45, 7) is 6.83. The number of hydrogen-bond acceptors (Lipinski definition) is 4. The van der Waals surface area contributed by atoms with Crippen molar-refractivity contribution in [2.24, 2.45) is 0 Å².